The van der Waals surface area contributed by atoms with Crippen molar-refractivity contribution >= 4 is 11.9 Å². The molecule has 2 rings (SSSR count). The Kier molecular flexibility index (Phi) is 8.22. The third-order valence-electron chi connectivity index (χ3n) is 5.39. The summed E-state index contributed by atoms with van der Waals surface area (Å²) >= 11 is 0. The van der Waals surface area contributed by atoms with E-state index in [1.807, 2.05) is 32.6 Å². The maximum Gasteiger partial charge on any atom is 0.230 e. The fraction of sp³-hybridized carbons (Fsp3) is 0.789. The monoisotopic (exact) mass is 393 g/mol. The van der Waals surface area contributed by atoms with E-state index < -0.39 is 0 Å². The highest BCUT2D eigenvalue weighted by Gasteiger charge is 2.42. The van der Waals surface area contributed by atoms with Crippen LogP contribution < -0.4 is 10.6 Å². The maximum absolute atomic E-state index is 12.8. The lowest BCUT2D eigenvalue weighted by Crippen LogP contribution is -2.49. The molecule has 28 heavy (non-hydrogen) atoms. The number of rotatable bonds is 9. The predicted molar refractivity (Wildman–Crippen MR) is 109 cm³/mol. The van der Waals surface area contributed by atoms with Crippen LogP contribution in [0, 0.1) is 12.3 Å². The van der Waals surface area contributed by atoms with Crippen LogP contribution in [-0.4, -0.2) is 72.4 Å². The van der Waals surface area contributed by atoms with Crippen molar-refractivity contribution in [1.82, 2.24) is 30.3 Å². The number of hydrogen-bond donors (Lipinski definition) is 2. The number of aryl methyl sites for hydroxylation is 1. The molecule has 1 fully saturated rings. The molecule has 0 radical (unpaired) electrons. The second-order valence-electron chi connectivity index (χ2n) is 7.70. The van der Waals surface area contributed by atoms with Gasteiger partial charge in [0.25, 0.3) is 0 Å². The SMILES string of the molecule is COCCCNC(=NCc1nnc(C)n1C)NCC1(C(=O)N(C)C)CCCC1. The standard InChI is InChI=1S/C19H35N7O2/c1-15-23-24-16(26(15)4)13-21-18(20-11-8-12-28-5)22-14-19(9-6-7-10-19)17(27)25(2)3/h6-14H2,1-5H3,(H2,20,21,22). The van der Waals surface area contributed by atoms with E-state index in [0.29, 0.717) is 25.7 Å². The Bertz CT molecular complexity index is 663. The summed E-state index contributed by atoms with van der Waals surface area (Å²) in [6.45, 7) is 4.35. The molecule has 1 aromatic heterocycles. The van der Waals surface area contributed by atoms with Gasteiger partial charge < -0.3 is 24.8 Å². The Morgan fingerprint density at radius 1 is 1.29 bits per heavy atom. The number of amides is 1. The molecule has 0 atom stereocenters. The molecule has 0 aliphatic heterocycles. The number of ether oxygens (including phenoxy) is 1. The Morgan fingerprint density at radius 2 is 2.00 bits per heavy atom. The number of aromatic nitrogens is 3. The van der Waals surface area contributed by atoms with Crippen LogP contribution in [0.1, 0.15) is 43.8 Å². The number of carbonyl (C=O) groups excluding carboxylic acids is 1. The molecule has 0 unspecified atom stereocenters. The molecule has 1 aromatic rings. The number of nitrogens with zero attached hydrogens (tertiary/aromatic N) is 5. The van der Waals surface area contributed by atoms with Gasteiger partial charge in [-0.2, -0.15) is 0 Å². The quantitative estimate of drug-likeness (QED) is 0.367. The van der Waals surface area contributed by atoms with Gasteiger partial charge in [-0.15, -0.1) is 10.2 Å². The molecule has 9 nitrogen and oxygen atoms in total. The number of nitrogens with one attached hydrogen (secondary N) is 2. The first-order valence-corrected chi connectivity index (χ1v) is 9.97. The second-order valence-corrected chi connectivity index (χ2v) is 7.70. The zero-order chi connectivity index (χ0) is 20.6. The fourth-order valence-electron chi connectivity index (χ4n) is 3.58. The minimum absolute atomic E-state index is 0.195. The normalized spacial score (nSPS) is 16.2. The highest BCUT2D eigenvalue weighted by atomic mass is 16.5. The number of carbonyl (C=O) groups is 1. The van der Waals surface area contributed by atoms with Crippen LogP contribution in [0.15, 0.2) is 4.99 Å². The average Bonchev–Trinajstić information content (AvgIpc) is 3.28. The van der Waals surface area contributed by atoms with E-state index >= 15 is 0 Å². The fourth-order valence-corrected chi connectivity index (χ4v) is 3.58. The van der Waals surface area contributed by atoms with Crippen LogP contribution in [0.3, 0.4) is 0 Å². The van der Waals surface area contributed by atoms with Crippen LogP contribution in [0.25, 0.3) is 0 Å². The summed E-state index contributed by atoms with van der Waals surface area (Å²) in [5, 5.41) is 15.0. The van der Waals surface area contributed by atoms with Gasteiger partial charge in [0.2, 0.25) is 5.91 Å². The maximum atomic E-state index is 12.8. The summed E-state index contributed by atoms with van der Waals surface area (Å²) in [6, 6.07) is 0. The number of methoxy groups -OCH3 is 1. The van der Waals surface area contributed by atoms with Crippen molar-refractivity contribution in [3.63, 3.8) is 0 Å². The Hall–Kier alpha value is -2.16. The van der Waals surface area contributed by atoms with Gasteiger partial charge in [0.15, 0.2) is 11.8 Å². The van der Waals surface area contributed by atoms with Gasteiger partial charge >= 0.3 is 0 Å². The zero-order valence-corrected chi connectivity index (χ0v) is 17.9. The van der Waals surface area contributed by atoms with Gasteiger partial charge in [0.05, 0.1) is 5.41 Å². The van der Waals surface area contributed by atoms with E-state index in [1.54, 1.807) is 12.0 Å². The van der Waals surface area contributed by atoms with Crippen LogP contribution in [0.2, 0.25) is 0 Å². The summed E-state index contributed by atoms with van der Waals surface area (Å²) in [5.41, 5.74) is -0.347. The largest absolute Gasteiger partial charge is 0.385 e. The number of aliphatic imine (C=N–C) groups is 1. The van der Waals surface area contributed by atoms with Crippen molar-refractivity contribution < 1.29 is 9.53 Å². The third kappa shape index (κ3) is 5.67. The van der Waals surface area contributed by atoms with Gasteiger partial charge in [0, 0.05) is 47.9 Å². The van der Waals surface area contributed by atoms with Crippen LogP contribution >= 0.6 is 0 Å². The van der Waals surface area contributed by atoms with Crippen molar-refractivity contribution in [3.8, 4) is 0 Å². The Labute approximate surface area is 167 Å². The van der Waals surface area contributed by atoms with Gasteiger partial charge in [-0.3, -0.25) is 4.79 Å². The molecule has 9 heteroatoms. The molecule has 0 saturated heterocycles. The van der Waals surface area contributed by atoms with Gasteiger partial charge in [-0.05, 0) is 26.2 Å². The van der Waals surface area contributed by atoms with E-state index in [2.05, 4.69) is 25.8 Å². The first kappa shape index (κ1) is 22.1. The van der Waals surface area contributed by atoms with Crippen molar-refractivity contribution in [2.45, 2.75) is 45.6 Å². The number of hydrogen-bond acceptors (Lipinski definition) is 5. The summed E-state index contributed by atoms with van der Waals surface area (Å²) in [6.07, 6.45) is 4.88. The molecule has 1 amide bonds. The molecule has 0 bridgehead atoms. The minimum Gasteiger partial charge on any atom is -0.385 e. The average molecular weight is 394 g/mol. The molecule has 2 N–H and O–H groups in total. The van der Waals surface area contributed by atoms with Crippen LogP contribution in [0.4, 0.5) is 0 Å². The van der Waals surface area contributed by atoms with Crippen molar-refractivity contribution in [2.24, 2.45) is 17.5 Å². The Balaban J connectivity index is 2.06. The van der Waals surface area contributed by atoms with Crippen LogP contribution in [0.5, 0.6) is 0 Å². The molecule has 0 spiro atoms. The van der Waals surface area contributed by atoms with E-state index in [9.17, 15) is 4.79 Å². The third-order valence-corrected chi connectivity index (χ3v) is 5.39. The van der Waals surface area contributed by atoms with Gasteiger partial charge in [-0.1, -0.05) is 12.8 Å². The minimum atomic E-state index is -0.347. The van der Waals surface area contributed by atoms with Crippen molar-refractivity contribution in [3.05, 3.63) is 11.6 Å². The predicted octanol–water partition coefficient (Wildman–Crippen LogP) is 0.844. The Morgan fingerprint density at radius 3 is 2.57 bits per heavy atom. The summed E-state index contributed by atoms with van der Waals surface area (Å²) in [7, 11) is 7.29. The lowest BCUT2D eigenvalue weighted by Gasteiger charge is -2.31. The molecule has 1 heterocycles. The zero-order valence-electron chi connectivity index (χ0n) is 17.9. The van der Waals surface area contributed by atoms with Crippen molar-refractivity contribution in [2.75, 3.05) is 40.9 Å². The van der Waals surface area contributed by atoms with Crippen molar-refractivity contribution in [1.29, 1.82) is 0 Å². The molecular weight excluding hydrogens is 358 g/mol. The van der Waals surface area contributed by atoms with Gasteiger partial charge in [-0.25, -0.2) is 4.99 Å². The van der Waals surface area contributed by atoms with Crippen LogP contribution in [-0.2, 0) is 23.1 Å². The van der Waals surface area contributed by atoms with Gasteiger partial charge in [0.1, 0.15) is 12.4 Å². The summed E-state index contributed by atoms with van der Waals surface area (Å²) in [5.74, 6) is 2.54. The number of guanidine groups is 1. The lowest BCUT2D eigenvalue weighted by molar-refractivity contribution is -0.138. The molecule has 1 aliphatic rings. The summed E-state index contributed by atoms with van der Waals surface area (Å²) < 4.78 is 7.05. The molecular formula is C19H35N7O2. The molecule has 1 saturated carbocycles. The smallest absolute Gasteiger partial charge is 0.230 e. The first-order chi connectivity index (χ1) is 13.4. The van der Waals surface area contributed by atoms with E-state index in [4.69, 9.17) is 4.74 Å². The molecule has 0 aromatic carbocycles. The summed E-state index contributed by atoms with van der Waals surface area (Å²) in [4.78, 5) is 19.2. The topological polar surface area (TPSA) is 96.7 Å². The lowest BCUT2D eigenvalue weighted by atomic mass is 9.84. The first-order valence-electron chi connectivity index (χ1n) is 9.97. The van der Waals surface area contributed by atoms with E-state index in [-0.39, 0.29) is 11.3 Å². The highest BCUT2D eigenvalue weighted by molar-refractivity contribution is 5.85. The van der Waals surface area contributed by atoms with E-state index in [1.165, 1.54) is 0 Å². The molecule has 1 aliphatic carbocycles. The molecule has 158 valence electrons. The van der Waals surface area contributed by atoms with E-state index in [0.717, 1.165) is 50.3 Å². The second kappa shape index (κ2) is 10.4. The highest BCUT2D eigenvalue weighted by Crippen LogP contribution is 2.38.